The van der Waals surface area contributed by atoms with Gasteiger partial charge < -0.3 is 4.90 Å². The highest BCUT2D eigenvalue weighted by Gasteiger charge is 2.69. The van der Waals surface area contributed by atoms with Gasteiger partial charge in [0.15, 0.2) is 0 Å². The van der Waals surface area contributed by atoms with Gasteiger partial charge in [-0.25, -0.2) is 13.7 Å². The van der Waals surface area contributed by atoms with Crippen LogP contribution < -0.4 is 4.90 Å². The van der Waals surface area contributed by atoms with E-state index in [0.29, 0.717) is 5.56 Å². The van der Waals surface area contributed by atoms with Gasteiger partial charge >= 0.3 is 0 Å². The summed E-state index contributed by atoms with van der Waals surface area (Å²) in [6, 6.07) is 9.86. The number of anilines is 1. The second-order valence-electron chi connectivity index (χ2n) is 9.73. The summed E-state index contributed by atoms with van der Waals surface area (Å²) >= 11 is 0. The Labute approximate surface area is 186 Å². The lowest BCUT2D eigenvalue weighted by Crippen LogP contribution is -2.46. The Balaban J connectivity index is 1.67. The van der Waals surface area contributed by atoms with Gasteiger partial charge in [0.25, 0.3) is 5.91 Å². The number of halogens is 2. The quantitative estimate of drug-likeness (QED) is 0.651. The van der Waals surface area contributed by atoms with Gasteiger partial charge in [-0.1, -0.05) is 39.8 Å². The molecular formula is C25H26F2N2O3. The number of benzene rings is 2. The molecule has 2 aliphatic rings. The van der Waals surface area contributed by atoms with E-state index in [1.807, 2.05) is 27.7 Å². The lowest BCUT2D eigenvalue weighted by molar-refractivity contribution is -0.141. The van der Waals surface area contributed by atoms with Crippen LogP contribution in [0.5, 0.6) is 0 Å². The minimum Gasteiger partial charge on any atom is -0.325 e. The highest BCUT2D eigenvalue weighted by atomic mass is 19.1. The third kappa shape index (κ3) is 3.49. The molecule has 1 saturated carbocycles. The van der Waals surface area contributed by atoms with Crippen LogP contribution in [0.3, 0.4) is 0 Å². The van der Waals surface area contributed by atoms with Crippen LogP contribution in [0.4, 0.5) is 14.5 Å². The summed E-state index contributed by atoms with van der Waals surface area (Å²) in [5.41, 5.74) is 0.419. The minimum absolute atomic E-state index is 0.0860. The summed E-state index contributed by atoms with van der Waals surface area (Å²) in [5, 5.41) is 0. The molecule has 1 saturated heterocycles. The molecule has 168 valence electrons. The van der Waals surface area contributed by atoms with E-state index in [2.05, 4.69) is 0 Å². The van der Waals surface area contributed by atoms with Crippen molar-refractivity contribution in [2.45, 2.75) is 46.7 Å². The fraction of sp³-hybridized carbons (Fsp3) is 0.400. The number of hydrogen-bond donors (Lipinski definition) is 0. The van der Waals surface area contributed by atoms with Crippen molar-refractivity contribution in [3.8, 4) is 0 Å². The Morgan fingerprint density at radius 2 is 1.44 bits per heavy atom. The molecule has 1 aliphatic carbocycles. The topological polar surface area (TPSA) is 57.7 Å². The summed E-state index contributed by atoms with van der Waals surface area (Å²) in [5.74, 6) is -2.35. The number of carbonyl (C=O) groups excluding carboxylic acids is 3. The maximum Gasteiger partial charge on any atom is 0.257 e. The molecule has 1 atom stereocenters. The van der Waals surface area contributed by atoms with Gasteiger partial charge in [0.1, 0.15) is 17.7 Å². The monoisotopic (exact) mass is 440 g/mol. The molecule has 2 aromatic rings. The molecule has 4 rings (SSSR count). The number of nitrogens with zero attached hydrogens (tertiary/aromatic N) is 2. The van der Waals surface area contributed by atoms with Crippen LogP contribution in [-0.4, -0.2) is 28.7 Å². The molecule has 3 amide bonds. The molecule has 2 fully saturated rings. The van der Waals surface area contributed by atoms with E-state index < -0.39 is 29.5 Å². The number of hydrogen-bond acceptors (Lipinski definition) is 3. The van der Waals surface area contributed by atoms with Crippen LogP contribution in [0.1, 0.15) is 39.7 Å². The van der Waals surface area contributed by atoms with Crippen molar-refractivity contribution in [3.05, 3.63) is 65.7 Å². The van der Waals surface area contributed by atoms with Crippen LogP contribution >= 0.6 is 0 Å². The Kier molecular flexibility index (Phi) is 5.18. The predicted octanol–water partition coefficient (Wildman–Crippen LogP) is 4.31. The normalized spacial score (nSPS) is 21.7. The zero-order valence-electron chi connectivity index (χ0n) is 18.6. The molecule has 32 heavy (non-hydrogen) atoms. The highest BCUT2D eigenvalue weighted by molar-refractivity contribution is 6.23. The SMILES string of the molecule is CC1(C)C(C(=O)N(Cc2ccc(F)cc2)C2CC(=O)N(c3ccc(F)cc3)C2=O)C1(C)C. The van der Waals surface area contributed by atoms with Gasteiger partial charge in [0, 0.05) is 12.5 Å². The lowest BCUT2D eigenvalue weighted by Gasteiger charge is -2.29. The van der Waals surface area contributed by atoms with Crippen molar-refractivity contribution >= 4 is 23.4 Å². The third-order valence-electron chi connectivity index (χ3n) is 7.40. The van der Waals surface area contributed by atoms with E-state index in [4.69, 9.17) is 0 Å². The smallest absolute Gasteiger partial charge is 0.257 e. The number of amides is 3. The van der Waals surface area contributed by atoms with E-state index in [1.54, 1.807) is 12.1 Å². The Morgan fingerprint density at radius 1 is 0.938 bits per heavy atom. The van der Waals surface area contributed by atoms with E-state index in [0.717, 1.165) is 4.90 Å². The molecule has 0 N–H and O–H groups in total. The van der Waals surface area contributed by atoms with Gasteiger partial charge in [0.2, 0.25) is 11.8 Å². The molecular weight excluding hydrogens is 414 g/mol. The zero-order valence-corrected chi connectivity index (χ0v) is 18.6. The number of imide groups is 1. The number of carbonyl (C=O) groups is 3. The van der Waals surface area contributed by atoms with Gasteiger partial charge in [-0.05, 0) is 52.8 Å². The first-order chi connectivity index (χ1) is 14.9. The minimum atomic E-state index is -0.975. The van der Waals surface area contributed by atoms with Gasteiger partial charge in [0.05, 0.1) is 12.1 Å². The average Bonchev–Trinajstić information content (AvgIpc) is 2.96. The maximum atomic E-state index is 13.7. The molecule has 1 heterocycles. The summed E-state index contributed by atoms with van der Waals surface area (Å²) in [6.45, 7) is 8.13. The molecule has 0 aromatic heterocycles. The zero-order chi connectivity index (χ0) is 23.4. The summed E-state index contributed by atoms with van der Waals surface area (Å²) < 4.78 is 26.7. The van der Waals surface area contributed by atoms with Gasteiger partial charge in [-0.15, -0.1) is 0 Å². The average molecular weight is 440 g/mol. The molecule has 0 bridgehead atoms. The van der Waals surface area contributed by atoms with E-state index >= 15 is 0 Å². The first-order valence-electron chi connectivity index (χ1n) is 10.6. The summed E-state index contributed by atoms with van der Waals surface area (Å²) in [6.07, 6.45) is -0.156. The first kappa shape index (κ1) is 22.1. The Morgan fingerprint density at radius 3 is 1.94 bits per heavy atom. The standard InChI is InChI=1S/C25H26F2N2O3/c1-24(2)21(25(24,3)4)23(32)28(14-15-5-7-16(26)8-6-15)19-13-20(30)29(22(19)31)18-11-9-17(27)10-12-18/h5-12,19,21H,13-14H2,1-4H3. The van der Waals surface area contributed by atoms with Crippen LogP contribution in [0.25, 0.3) is 0 Å². The molecule has 2 aromatic carbocycles. The van der Waals surface area contributed by atoms with Crippen molar-refractivity contribution in [3.63, 3.8) is 0 Å². The molecule has 5 nitrogen and oxygen atoms in total. The molecule has 1 unspecified atom stereocenters. The Hall–Kier alpha value is -3.09. The van der Waals surface area contributed by atoms with Gasteiger partial charge in [-0.3, -0.25) is 14.4 Å². The second kappa shape index (κ2) is 7.50. The highest BCUT2D eigenvalue weighted by Crippen LogP contribution is 2.69. The molecule has 1 aliphatic heterocycles. The predicted molar refractivity (Wildman–Crippen MR) is 115 cm³/mol. The van der Waals surface area contributed by atoms with Crippen LogP contribution in [0.2, 0.25) is 0 Å². The van der Waals surface area contributed by atoms with Crippen molar-refractivity contribution in [2.24, 2.45) is 16.7 Å². The molecule has 7 heteroatoms. The fourth-order valence-corrected chi connectivity index (χ4v) is 4.83. The van der Waals surface area contributed by atoms with Crippen LogP contribution in [0.15, 0.2) is 48.5 Å². The second-order valence-corrected chi connectivity index (χ2v) is 9.73. The van der Waals surface area contributed by atoms with Gasteiger partial charge in [-0.2, -0.15) is 0 Å². The summed E-state index contributed by atoms with van der Waals surface area (Å²) in [4.78, 5) is 42.2. The molecule has 0 radical (unpaired) electrons. The maximum absolute atomic E-state index is 13.7. The van der Waals surface area contributed by atoms with E-state index in [1.165, 1.54) is 41.3 Å². The lowest BCUT2D eigenvalue weighted by atomic mass is 10.0. The van der Waals surface area contributed by atoms with Crippen molar-refractivity contribution < 1.29 is 23.2 Å². The third-order valence-corrected chi connectivity index (χ3v) is 7.40. The van der Waals surface area contributed by atoms with E-state index in [-0.39, 0.29) is 41.3 Å². The first-order valence-corrected chi connectivity index (χ1v) is 10.6. The van der Waals surface area contributed by atoms with Crippen LogP contribution in [-0.2, 0) is 20.9 Å². The summed E-state index contributed by atoms with van der Waals surface area (Å²) in [7, 11) is 0. The van der Waals surface area contributed by atoms with Crippen molar-refractivity contribution in [1.29, 1.82) is 0 Å². The largest absolute Gasteiger partial charge is 0.325 e. The van der Waals surface area contributed by atoms with Crippen molar-refractivity contribution in [2.75, 3.05) is 4.90 Å². The van der Waals surface area contributed by atoms with Crippen molar-refractivity contribution in [1.82, 2.24) is 4.90 Å². The fourth-order valence-electron chi connectivity index (χ4n) is 4.83. The molecule has 0 spiro atoms. The Bertz CT molecular complexity index is 1060. The van der Waals surface area contributed by atoms with E-state index in [9.17, 15) is 23.2 Å². The van der Waals surface area contributed by atoms with Crippen LogP contribution in [0, 0.1) is 28.4 Å². The number of rotatable bonds is 5.